The van der Waals surface area contributed by atoms with Crippen molar-refractivity contribution in [2.45, 2.75) is 40.3 Å². The predicted molar refractivity (Wildman–Crippen MR) is 104 cm³/mol. The Balaban J connectivity index is 1.59. The highest BCUT2D eigenvalue weighted by Crippen LogP contribution is 2.20. The fourth-order valence-electron chi connectivity index (χ4n) is 2.57. The first-order valence-corrected chi connectivity index (χ1v) is 9.14. The van der Waals surface area contributed by atoms with Crippen LogP contribution in [-0.4, -0.2) is 31.3 Å². The van der Waals surface area contributed by atoms with Gasteiger partial charge in [0.1, 0.15) is 5.75 Å². The zero-order valence-electron chi connectivity index (χ0n) is 16.3. The van der Waals surface area contributed by atoms with E-state index in [9.17, 15) is 9.90 Å². The summed E-state index contributed by atoms with van der Waals surface area (Å²) in [6, 6.07) is 15.3. The first kappa shape index (κ1) is 19.5. The molecule has 0 radical (unpaired) electrons. The summed E-state index contributed by atoms with van der Waals surface area (Å²) in [5.74, 6) is 0.478. The van der Waals surface area contributed by atoms with Crippen LogP contribution < -0.4 is 0 Å². The van der Waals surface area contributed by atoms with Gasteiger partial charge in [0.2, 0.25) is 12.6 Å². The lowest BCUT2D eigenvalue weighted by Crippen LogP contribution is -2.24. The lowest BCUT2D eigenvalue weighted by atomic mass is 9.98. The lowest BCUT2D eigenvalue weighted by molar-refractivity contribution is -0.157. The van der Waals surface area contributed by atoms with E-state index in [2.05, 4.69) is 15.4 Å². The molecule has 0 saturated heterocycles. The van der Waals surface area contributed by atoms with Crippen molar-refractivity contribution in [3.63, 3.8) is 0 Å². The van der Waals surface area contributed by atoms with Crippen LogP contribution in [0.5, 0.6) is 5.75 Å². The quantitative estimate of drug-likeness (QED) is 0.660. The van der Waals surface area contributed by atoms with E-state index in [1.165, 1.54) is 4.80 Å². The van der Waals surface area contributed by atoms with E-state index in [0.29, 0.717) is 11.6 Å². The SMILES string of the molecule is CC(C)(C)C(=O)OCn1nnc(-c2ccc(CCc3ccccc3O)cc2)n1. The van der Waals surface area contributed by atoms with E-state index >= 15 is 0 Å². The van der Waals surface area contributed by atoms with Crippen molar-refractivity contribution in [1.29, 1.82) is 0 Å². The van der Waals surface area contributed by atoms with Gasteiger partial charge >= 0.3 is 5.97 Å². The average molecular weight is 380 g/mol. The molecule has 0 spiro atoms. The van der Waals surface area contributed by atoms with Gasteiger partial charge in [0.25, 0.3) is 0 Å². The van der Waals surface area contributed by atoms with E-state index in [0.717, 1.165) is 29.5 Å². The molecule has 0 amide bonds. The Kier molecular flexibility index (Phi) is 5.73. The standard InChI is InChI=1S/C21H24N4O3/c1-21(2,3)20(27)28-14-25-23-19(22-24-25)17-12-9-15(10-13-17)8-11-16-6-4-5-7-18(16)26/h4-7,9-10,12-13,26H,8,11,14H2,1-3H3. The van der Waals surface area contributed by atoms with E-state index in [4.69, 9.17) is 4.74 Å². The molecule has 0 bridgehead atoms. The van der Waals surface area contributed by atoms with Gasteiger partial charge in [0.05, 0.1) is 5.41 Å². The number of hydrogen-bond donors (Lipinski definition) is 1. The molecule has 7 heteroatoms. The Morgan fingerprint density at radius 2 is 1.79 bits per heavy atom. The Bertz CT molecular complexity index is 943. The number of benzene rings is 2. The molecule has 3 rings (SSSR count). The van der Waals surface area contributed by atoms with Gasteiger partial charge in [-0.1, -0.05) is 42.5 Å². The van der Waals surface area contributed by atoms with Gasteiger partial charge in [-0.25, -0.2) is 0 Å². The first-order chi connectivity index (χ1) is 13.3. The molecule has 0 aliphatic rings. The number of phenolic OH excluding ortho intramolecular Hbond substituents is 1. The minimum atomic E-state index is -0.574. The molecule has 1 aromatic heterocycles. The summed E-state index contributed by atoms with van der Waals surface area (Å²) in [6.45, 7) is 5.30. The summed E-state index contributed by atoms with van der Waals surface area (Å²) in [5, 5.41) is 22.0. The Morgan fingerprint density at radius 3 is 2.46 bits per heavy atom. The van der Waals surface area contributed by atoms with Crippen molar-refractivity contribution in [2.75, 3.05) is 0 Å². The Labute approximate surface area is 164 Å². The maximum absolute atomic E-state index is 11.8. The van der Waals surface area contributed by atoms with Crippen molar-refractivity contribution in [3.8, 4) is 17.1 Å². The topological polar surface area (TPSA) is 90.1 Å². The van der Waals surface area contributed by atoms with Crippen LogP contribution in [0.2, 0.25) is 0 Å². The third kappa shape index (κ3) is 4.94. The molecule has 0 aliphatic heterocycles. The molecular formula is C21H24N4O3. The average Bonchev–Trinajstić information content (AvgIpc) is 3.14. The van der Waals surface area contributed by atoms with Crippen molar-refractivity contribution in [1.82, 2.24) is 20.2 Å². The van der Waals surface area contributed by atoms with Crippen LogP contribution >= 0.6 is 0 Å². The number of ether oxygens (including phenoxy) is 1. The number of carbonyl (C=O) groups is 1. The van der Waals surface area contributed by atoms with E-state index in [1.54, 1.807) is 26.8 Å². The van der Waals surface area contributed by atoms with Crippen LogP contribution in [0.25, 0.3) is 11.4 Å². The number of phenols is 1. The fourth-order valence-corrected chi connectivity index (χ4v) is 2.57. The van der Waals surface area contributed by atoms with Gasteiger partial charge in [-0.05, 0) is 56.0 Å². The normalized spacial score (nSPS) is 11.4. The molecule has 1 N–H and O–H groups in total. The third-order valence-electron chi connectivity index (χ3n) is 4.26. The number of rotatable bonds is 6. The number of para-hydroxylation sites is 1. The maximum atomic E-state index is 11.8. The minimum absolute atomic E-state index is 0.0677. The molecule has 0 aliphatic carbocycles. The number of carbonyl (C=O) groups excluding carboxylic acids is 1. The third-order valence-corrected chi connectivity index (χ3v) is 4.26. The van der Waals surface area contributed by atoms with Gasteiger partial charge < -0.3 is 9.84 Å². The number of hydrogen-bond acceptors (Lipinski definition) is 6. The number of aromatic hydroxyl groups is 1. The zero-order valence-corrected chi connectivity index (χ0v) is 16.3. The van der Waals surface area contributed by atoms with Crippen LogP contribution in [0.3, 0.4) is 0 Å². The summed E-state index contributed by atoms with van der Waals surface area (Å²) >= 11 is 0. The molecule has 7 nitrogen and oxygen atoms in total. The number of esters is 1. The molecule has 1 heterocycles. The molecule has 0 unspecified atom stereocenters. The Hall–Kier alpha value is -3.22. The monoisotopic (exact) mass is 380 g/mol. The highest BCUT2D eigenvalue weighted by atomic mass is 16.5. The second kappa shape index (κ2) is 8.21. The highest BCUT2D eigenvalue weighted by molar-refractivity contribution is 5.75. The van der Waals surface area contributed by atoms with Crippen LogP contribution in [0, 0.1) is 5.41 Å². The number of aryl methyl sites for hydroxylation is 2. The number of aromatic nitrogens is 4. The molecule has 0 atom stereocenters. The second-order valence-corrected chi connectivity index (χ2v) is 7.62. The van der Waals surface area contributed by atoms with Crippen LogP contribution in [-0.2, 0) is 29.1 Å². The predicted octanol–water partition coefficient (Wildman–Crippen LogP) is 3.38. The maximum Gasteiger partial charge on any atom is 0.313 e. The smallest absolute Gasteiger partial charge is 0.313 e. The molecule has 0 fully saturated rings. The molecular weight excluding hydrogens is 356 g/mol. The molecule has 146 valence electrons. The Morgan fingerprint density at radius 1 is 1.07 bits per heavy atom. The summed E-state index contributed by atoms with van der Waals surface area (Å²) in [6.07, 6.45) is 1.58. The van der Waals surface area contributed by atoms with Gasteiger partial charge in [0, 0.05) is 5.56 Å². The molecule has 2 aromatic carbocycles. The van der Waals surface area contributed by atoms with Crippen molar-refractivity contribution < 1.29 is 14.6 Å². The number of nitrogens with zero attached hydrogens (tertiary/aromatic N) is 4. The molecule has 0 saturated carbocycles. The van der Waals surface area contributed by atoms with Crippen molar-refractivity contribution in [3.05, 3.63) is 59.7 Å². The van der Waals surface area contributed by atoms with E-state index in [1.807, 2.05) is 42.5 Å². The fraction of sp³-hybridized carbons (Fsp3) is 0.333. The second-order valence-electron chi connectivity index (χ2n) is 7.62. The largest absolute Gasteiger partial charge is 0.508 e. The minimum Gasteiger partial charge on any atom is -0.508 e. The van der Waals surface area contributed by atoms with Crippen molar-refractivity contribution >= 4 is 5.97 Å². The van der Waals surface area contributed by atoms with Crippen LogP contribution in [0.1, 0.15) is 31.9 Å². The van der Waals surface area contributed by atoms with Crippen LogP contribution in [0.4, 0.5) is 0 Å². The summed E-state index contributed by atoms with van der Waals surface area (Å²) < 4.78 is 5.18. The van der Waals surface area contributed by atoms with Gasteiger partial charge in [0.15, 0.2) is 0 Å². The van der Waals surface area contributed by atoms with Gasteiger partial charge in [-0.3, -0.25) is 4.79 Å². The van der Waals surface area contributed by atoms with E-state index in [-0.39, 0.29) is 12.7 Å². The molecule has 3 aromatic rings. The number of tetrazole rings is 1. The molecule has 28 heavy (non-hydrogen) atoms. The van der Waals surface area contributed by atoms with Crippen LogP contribution in [0.15, 0.2) is 48.5 Å². The lowest BCUT2D eigenvalue weighted by Gasteiger charge is -2.15. The van der Waals surface area contributed by atoms with Gasteiger partial charge in [-0.2, -0.15) is 0 Å². The van der Waals surface area contributed by atoms with Gasteiger partial charge in [-0.15, -0.1) is 15.0 Å². The summed E-state index contributed by atoms with van der Waals surface area (Å²) in [7, 11) is 0. The summed E-state index contributed by atoms with van der Waals surface area (Å²) in [4.78, 5) is 13.1. The van der Waals surface area contributed by atoms with E-state index < -0.39 is 5.41 Å². The summed E-state index contributed by atoms with van der Waals surface area (Å²) in [5.41, 5.74) is 2.34. The zero-order chi connectivity index (χ0) is 20.1. The first-order valence-electron chi connectivity index (χ1n) is 9.14. The highest BCUT2D eigenvalue weighted by Gasteiger charge is 2.23. The van der Waals surface area contributed by atoms with Crippen molar-refractivity contribution in [2.24, 2.45) is 5.41 Å².